The minimum absolute atomic E-state index is 0.117. The summed E-state index contributed by atoms with van der Waals surface area (Å²) < 4.78 is 13.7. The molecule has 0 radical (unpaired) electrons. The molecule has 3 aromatic rings. The Balaban J connectivity index is 1.59. The Morgan fingerprint density at radius 2 is 1.87 bits per heavy atom. The summed E-state index contributed by atoms with van der Waals surface area (Å²) in [5, 5.41) is 14.0. The third-order valence-electron chi connectivity index (χ3n) is 4.43. The van der Waals surface area contributed by atoms with E-state index in [1.165, 1.54) is 35.2 Å². The van der Waals surface area contributed by atoms with Gasteiger partial charge in [0, 0.05) is 11.3 Å². The molecule has 162 valence electrons. The van der Waals surface area contributed by atoms with Crippen molar-refractivity contribution in [3.05, 3.63) is 71.0 Å². The van der Waals surface area contributed by atoms with Gasteiger partial charge in [-0.05, 0) is 42.7 Å². The highest BCUT2D eigenvalue weighted by Crippen LogP contribution is 2.28. The van der Waals surface area contributed by atoms with Gasteiger partial charge in [-0.2, -0.15) is 0 Å². The molecule has 0 spiro atoms. The molecule has 1 aromatic heterocycles. The van der Waals surface area contributed by atoms with Gasteiger partial charge in [0.2, 0.25) is 11.0 Å². The van der Waals surface area contributed by atoms with E-state index >= 15 is 0 Å². The van der Waals surface area contributed by atoms with E-state index in [9.17, 15) is 14.0 Å². The first-order chi connectivity index (χ1) is 14.8. The summed E-state index contributed by atoms with van der Waals surface area (Å²) in [5.74, 6) is -0.422. The first-order valence-electron chi connectivity index (χ1n) is 9.71. The van der Waals surface area contributed by atoms with Crippen LogP contribution < -0.4 is 10.6 Å². The predicted octanol–water partition coefficient (Wildman–Crippen LogP) is 4.67. The topological polar surface area (TPSA) is 84.0 Å². The number of hydrogen-bond donors (Lipinski definition) is 2. The van der Waals surface area contributed by atoms with Crippen molar-refractivity contribution in [2.45, 2.75) is 36.9 Å². The van der Waals surface area contributed by atoms with Gasteiger partial charge in [0.05, 0.1) is 0 Å². The first-order valence-corrected chi connectivity index (χ1v) is 11.5. The average molecular weight is 459 g/mol. The molecule has 9 heteroatoms. The van der Waals surface area contributed by atoms with Crippen LogP contribution in [-0.4, -0.2) is 28.1 Å². The number of aryl methyl sites for hydroxylation is 1. The number of carbonyl (C=O) groups is 2. The van der Waals surface area contributed by atoms with Crippen LogP contribution in [0.1, 0.15) is 35.3 Å². The molecule has 2 aromatic carbocycles. The summed E-state index contributed by atoms with van der Waals surface area (Å²) in [5.41, 5.74) is 2.44. The molecule has 1 atom stereocenters. The number of aromatic nitrogens is 2. The van der Waals surface area contributed by atoms with Crippen molar-refractivity contribution in [2.24, 2.45) is 5.92 Å². The molecule has 2 N–H and O–H groups in total. The van der Waals surface area contributed by atoms with Crippen LogP contribution >= 0.6 is 23.1 Å². The van der Waals surface area contributed by atoms with Crippen LogP contribution in [0.2, 0.25) is 0 Å². The van der Waals surface area contributed by atoms with Crippen molar-refractivity contribution < 1.29 is 14.0 Å². The van der Waals surface area contributed by atoms with E-state index in [-0.39, 0.29) is 23.5 Å². The summed E-state index contributed by atoms with van der Waals surface area (Å²) in [6, 6.07) is 12.8. The van der Waals surface area contributed by atoms with E-state index in [2.05, 4.69) is 20.8 Å². The van der Waals surface area contributed by atoms with Gasteiger partial charge in [-0.15, -0.1) is 10.2 Å². The van der Waals surface area contributed by atoms with E-state index < -0.39 is 6.04 Å². The van der Waals surface area contributed by atoms with E-state index in [1.807, 2.05) is 26.8 Å². The minimum atomic E-state index is -0.716. The fraction of sp³-hybridized carbons (Fsp3) is 0.273. The quantitative estimate of drug-likeness (QED) is 0.379. The van der Waals surface area contributed by atoms with Crippen LogP contribution in [0.25, 0.3) is 0 Å². The highest BCUT2D eigenvalue weighted by molar-refractivity contribution is 8.00. The zero-order valence-corrected chi connectivity index (χ0v) is 19.0. The molecule has 0 saturated heterocycles. The smallest absolute Gasteiger partial charge is 0.251 e. The number of thioether (sulfide) groups is 1. The second-order valence-electron chi connectivity index (χ2n) is 7.34. The molecule has 0 aliphatic heterocycles. The fourth-order valence-corrected chi connectivity index (χ4v) is 4.48. The molecule has 1 unspecified atom stereocenters. The number of nitrogens with zero attached hydrogens (tertiary/aromatic N) is 2. The summed E-state index contributed by atoms with van der Waals surface area (Å²) >= 11 is 2.70. The molecule has 0 bridgehead atoms. The Morgan fingerprint density at radius 3 is 2.55 bits per heavy atom. The molecular formula is C22H23FN4O2S2. The van der Waals surface area contributed by atoms with Crippen LogP contribution in [0.4, 0.5) is 9.52 Å². The monoisotopic (exact) mass is 458 g/mol. The molecule has 1 heterocycles. The predicted molar refractivity (Wildman–Crippen MR) is 122 cm³/mol. The molecule has 0 aliphatic carbocycles. The third-order valence-corrected chi connectivity index (χ3v) is 6.47. The maximum absolute atomic E-state index is 13.0. The molecule has 6 nitrogen and oxygen atoms in total. The van der Waals surface area contributed by atoms with Crippen LogP contribution in [-0.2, 0) is 10.5 Å². The lowest BCUT2D eigenvalue weighted by Crippen LogP contribution is -2.47. The number of anilines is 1. The van der Waals surface area contributed by atoms with Crippen LogP contribution in [0.15, 0.2) is 52.9 Å². The summed E-state index contributed by atoms with van der Waals surface area (Å²) in [6.45, 7) is 5.64. The summed E-state index contributed by atoms with van der Waals surface area (Å²) in [7, 11) is 0. The second-order valence-corrected chi connectivity index (χ2v) is 9.54. The van der Waals surface area contributed by atoms with Gasteiger partial charge in [0.15, 0.2) is 4.34 Å². The molecule has 0 aliphatic rings. The largest absolute Gasteiger partial charge is 0.340 e. The Hall–Kier alpha value is -2.78. The van der Waals surface area contributed by atoms with Crippen molar-refractivity contribution >= 4 is 40.0 Å². The van der Waals surface area contributed by atoms with Gasteiger partial charge in [-0.1, -0.05) is 66.8 Å². The van der Waals surface area contributed by atoms with E-state index in [1.54, 1.807) is 30.3 Å². The normalized spacial score (nSPS) is 11.9. The van der Waals surface area contributed by atoms with Crippen molar-refractivity contribution in [2.75, 3.05) is 5.32 Å². The second kappa shape index (κ2) is 10.5. The van der Waals surface area contributed by atoms with Crippen molar-refractivity contribution in [1.82, 2.24) is 15.5 Å². The van der Waals surface area contributed by atoms with Gasteiger partial charge >= 0.3 is 0 Å². The average Bonchev–Trinajstić information content (AvgIpc) is 3.18. The van der Waals surface area contributed by atoms with E-state index in [0.717, 1.165) is 11.1 Å². The summed E-state index contributed by atoms with van der Waals surface area (Å²) in [4.78, 5) is 25.3. The maximum Gasteiger partial charge on any atom is 0.251 e. The van der Waals surface area contributed by atoms with Crippen LogP contribution in [0.3, 0.4) is 0 Å². The Morgan fingerprint density at radius 1 is 1.13 bits per heavy atom. The van der Waals surface area contributed by atoms with Crippen molar-refractivity contribution in [3.63, 3.8) is 0 Å². The zero-order chi connectivity index (χ0) is 22.4. The Bertz CT molecular complexity index is 1050. The Labute approximate surface area is 188 Å². The highest BCUT2D eigenvalue weighted by atomic mass is 32.2. The minimum Gasteiger partial charge on any atom is -0.340 e. The first kappa shape index (κ1) is 22.9. The lowest BCUT2D eigenvalue weighted by Gasteiger charge is -2.21. The van der Waals surface area contributed by atoms with E-state index in [0.29, 0.717) is 20.8 Å². The molecule has 0 saturated carbocycles. The lowest BCUT2D eigenvalue weighted by atomic mass is 10.0. The van der Waals surface area contributed by atoms with E-state index in [4.69, 9.17) is 0 Å². The number of halogens is 1. The van der Waals surface area contributed by atoms with Gasteiger partial charge < -0.3 is 5.32 Å². The number of carbonyl (C=O) groups excluding carboxylic acids is 2. The van der Waals surface area contributed by atoms with Gasteiger partial charge in [0.1, 0.15) is 11.9 Å². The van der Waals surface area contributed by atoms with Crippen molar-refractivity contribution in [1.29, 1.82) is 0 Å². The number of hydrogen-bond acceptors (Lipinski definition) is 6. The molecule has 0 fully saturated rings. The number of benzene rings is 2. The van der Waals surface area contributed by atoms with Gasteiger partial charge in [-0.25, -0.2) is 4.39 Å². The molecule has 2 amide bonds. The molecule has 3 rings (SSSR count). The SMILES string of the molecule is Cc1cccc(C(=O)NC(C(=O)Nc2nnc(SCc3ccc(F)cc3)s2)C(C)C)c1. The van der Waals surface area contributed by atoms with Gasteiger partial charge in [0.25, 0.3) is 5.91 Å². The molecule has 31 heavy (non-hydrogen) atoms. The Kier molecular flexibility index (Phi) is 7.75. The maximum atomic E-state index is 13.0. The number of nitrogens with one attached hydrogen (secondary N) is 2. The van der Waals surface area contributed by atoms with Crippen molar-refractivity contribution in [3.8, 4) is 0 Å². The fourth-order valence-electron chi connectivity index (χ4n) is 2.77. The highest BCUT2D eigenvalue weighted by Gasteiger charge is 2.25. The number of rotatable bonds is 8. The lowest BCUT2D eigenvalue weighted by molar-refractivity contribution is -0.118. The third kappa shape index (κ3) is 6.60. The van der Waals surface area contributed by atoms with Crippen LogP contribution in [0.5, 0.6) is 0 Å². The number of amides is 2. The summed E-state index contributed by atoms with van der Waals surface area (Å²) in [6.07, 6.45) is 0. The standard InChI is InChI=1S/C22H23FN4O2S2/c1-13(2)18(24-19(28)16-6-4-5-14(3)11-16)20(29)25-21-26-27-22(31-21)30-12-15-7-9-17(23)10-8-15/h4-11,13,18H,12H2,1-3H3,(H,24,28)(H,25,26,29). The molecular weight excluding hydrogens is 435 g/mol. The van der Waals surface area contributed by atoms with Gasteiger partial charge in [-0.3, -0.25) is 14.9 Å². The van der Waals surface area contributed by atoms with Crippen LogP contribution in [0, 0.1) is 18.7 Å². The zero-order valence-electron chi connectivity index (χ0n) is 17.4.